The summed E-state index contributed by atoms with van der Waals surface area (Å²) >= 11 is 0. The number of carbonyl (C=O) groups excluding carboxylic acids is 3. The van der Waals surface area contributed by atoms with Gasteiger partial charge in [0, 0.05) is 11.3 Å². The molecule has 0 N–H and O–H groups in total. The second-order valence-electron chi connectivity index (χ2n) is 8.95. The number of Topliss-reactive ketones (excluding diaryl/α,β-unsaturated/α-hetero) is 1. The van der Waals surface area contributed by atoms with E-state index in [0.29, 0.717) is 12.8 Å². The molecule has 2 saturated heterocycles. The van der Waals surface area contributed by atoms with Crippen molar-refractivity contribution in [1.29, 1.82) is 0 Å². The lowest BCUT2D eigenvalue weighted by Gasteiger charge is -2.61. The number of ether oxygens (including phenoxy) is 2. The number of ketones is 2. The average Bonchev–Trinajstić information content (AvgIpc) is 2.76. The van der Waals surface area contributed by atoms with Crippen LogP contribution in [0.1, 0.15) is 40.0 Å². The molecule has 128 valence electrons. The van der Waals surface area contributed by atoms with Crippen LogP contribution in [0.4, 0.5) is 0 Å². The van der Waals surface area contributed by atoms with E-state index in [-0.39, 0.29) is 30.0 Å². The first-order valence-electron chi connectivity index (χ1n) is 8.86. The highest BCUT2D eigenvalue weighted by atomic mass is 16.6. The Bertz CT molecular complexity index is 736. The van der Waals surface area contributed by atoms with Crippen LogP contribution in [0.25, 0.3) is 0 Å². The number of hydrogen-bond acceptors (Lipinski definition) is 5. The Morgan fingerprint density at radius 3 is 2.71 bits per heavy atom. The quantitative estimate of drug-likeness (QED) is 0.634. The molecule has 5 nitrogen and oxygen atoms in total. The van der Waals surface area contributed by atoms with E-state index in [1.807, 2.05) is 26.8 Å². The highest BCUT2D eigenvalue weighted by Gasteiger charge is 2.88. The summed E-state index contributed by atoms with van der Waals surface area (Å²) in [5.41, 5.74) is -3.80. The highest BCUT2D eigenvalue weighted by molar-refractivity contribution is 6.09. The van der Waals surface area contributed by atoms with Crippen LogP contribution in [0.2, 0.25) is 0 Å². The largest absolute Gasteiger partial charge is 0.462 e. The molecule has 6 rings (SSSR count). The topological polar surface area (TPSA) is 69.7 Å². The zero-order chi connectivity index (χ0) is 17.1. The van der Waals surface area contributed by atoms with Crippen LogP contribution in [0, 0.1) is 28.1 Å². The van der Waals surface area contributed by atoms with Gasteiger partial charge in [-0.3, -0.25) is 9.59 Å². The van der Waals surface area contributed by atoms with Crippen molar-refractivity contribution in [2.45, 2.75) is 51.7 Å². The van der Waals surface area contributed by atoms with E-state index in [1.165, 1.54) is 0 Å². The average molecular weight is 330 g/mol. The van der Waals surface area contributed by atoms with Gasteiger partial charge in [0.15, 0.2) is 11.4 Å². The molecule has 3 saturated carbocycles. The van der Waals surface area contributed by atoms with Gasteiger partial charge >= 0.3 is 5.97 Å². The second-order valence-corrected chi connectivity index (χ2v) is 8.95. The molecule has 0 aromatic heterocycles. The van der Waals surface area contributed by atoms with Crippen molar-refractivity contribution in [3.8, 4) is 0 Å². The number of esters is 1. The van der Waals surface area contributed by atoms with Crippen LogP contribution in [-0.4, -0.2) is 35.8 Å². The van der Waals surface area contributed by atoms with Gasteiger partial charge < -0.3 is 9.47 Å². The predicted molar refractivity (Wildman–Crippen MR) is 82.9 cm³/mol. The normalized spacial score (nSPS) is 53.6. The summed E-state index contributed by atoms with van der Waals surface area (Å²) in [6, 6.07) is 0. The second kappa shape index (κ2) is 3.85. The van der Waals surface area contributed by atoms with Crippen molar-refractivity contribution in [3.05, 3.63) is 12.2 Å². The highest BCUT2D eigenvalue weighted by Crippen LogP contribution is 2.75. The fraction of sp³-hybridized carbons (Fsp3) is 0.737. The van der Waals surface area contributed by atoms with Crippen molar-refractivity contribution >= 4 is 17.5 Å². The number of carbonyl (C=O) groups is 3. The SMILES string of the molecule is CC1C(=O)C23CCC1C[C@]21O[C@@H]2C(C)(C)C=CC(=O)[C@@]23COC1=O. The number of fused-ring (bicyclic) bond motifs is 2. The van der Waals surface area contributed by atoms with Gasteiger partial charge in [-0.05, 0) is 31.3 Å². The van der Waals surface area contributed by atoms with Gasteiger partial charge in [-0.25, -0.2) is 4.79 Å². The maximum atomic E-state index is 13.5. The lowest BCUT2D eigenvalue weighted by Crippen LogP contribution is -2.75. The van der Waals surface area contributed by atoms with Crippen molar-refractivity contribution in [1.82, 2.24) is 0 Å². The van der Waals surface area contributed by atoms with Gasteiger partial charge in [-0.1, -0.05) is 26.8 Å². The van der Waals surface area contributed by atoms with E-state index in [9.17, 15) is 14.4 Å². The third-order valence-corrected chi connectivity index (χ3v) is 7.74. The minimum atomic E-state index is -1.26. The van der Waals surface area contributed by atoms with Gasteiger partial charge in [0.05, 0.1) is 11.5 Å². The summed E-state index contributed by atoms with van der Waals surface area (Å²) in [7, 11) is 0. The van der Waals surface area contributed by atoms with Crippen LogP contribution in [0.5, 0.6) is 0 Å². The maximum absolute atomic E-state index is 13.5. The Morgan fingerprint density at radius 2 is 1.96 bits per heavy atom. The number of hydrogen-bond donors (Lipinski definition) is 0. The molecule has 0 aromatic rings. The number of allylic oxidation sites excluding steroid dienone is 1. The zero-order valence-corrected chi connectivity index (χ0v) is 14.3. The lowest BCUT2D eigenvalue weighted by molar-refractivity contribution is -0.222. The molecule has 5 heteroatoms. The zero-order valence-electron chi connectivity index (χ0n) is 14.3. The summed E-state index contributed by atoms with van der Waals surface area (Å²) in [6.45, 7) is 5.92. The van der Waals surface area contributed by atoms with Gasteiger partial charge in [-0.15, -0.1) is 0 Å². The Labute approximate surface area is 140 Å². The summed E-state index contributed by atoms with van der Waals surface area (Å²) < 4.78 is 12.0. The fourth-order valence-electron chi connectivity index (χ4n) is 6.60. The van der Waals surface area contributed by atoms with Gasteiger partial charge in [0.25, 0.3) is 0 Å². The van der Waals surface area contributed by atoms with Gasteiger partial charge in [0.1, 0.15) is 17.8 Å². The molecule has 0 amide bonds. The molecule has 6 aliphatic rings. The van der Waals surface area contributed by atoms with Crippen molar-refractivity contribution in [2.24, 2.45) is 28.1 Å². The summed E-state index contributed by atoms with van der Waals surface area (Å²) in [4.78, 5) is 39.5. The van der Waals surface area contributed by atoms with E-state index in [2.05, 4.69) is 0 Å². The molecule has 4 bridgehead atoms. The van der Waals surface area contributed by atoms with Crippen LogP contribution in [0.15, 0.2) is 12.2 Å². The van der Waals surface area contributed by atoms with Crippen LogP contribution >= 0.6 is 0 Å². The molecule has 2 spiro atoms. The van der Waals surface area contributed by atoms with Crippen molar-refractivity contribution in [3.63, 3.8) is 0 Å². The van der Waals surface area contributed by atoms with E-state index < -0.39 is 33.9 Å². The monoisotopic (exact) mass is 330 g/mol. The molecular weight excluding hydrogens is 308 g/mol. The lowest BCUT2D eigenvalue weighted by atomic mass is 9.38. The van der Waals surface area contributed by atoms with Gasteiger partial charge in [-0.2, -0.15) is 0 Å². The summed E-state index contributed by atoms with van der Waals surface area (Å²) in [6.07, 6.45) is 4.88. The van der Waals surface area contributed by atoms with Crippen molar-refractivity contribution in [2.75, 3.05) is 6.61 Å². The van der Waals surface area contributed by atoms with E-state index in [0.717, 1.165) is 6.42 Å². The van der Waals surface area contributed by atoms with Crippen LogP contribution < -0.4 is 0 Å². The third-order valence-electron chi connectivity index (χ3n) is 7.74. The molecule has 3 unspecified atom stereocenters. The van der Waals surface area contributed by atoms with Crippen LogP contribution in [-0.2, 0) is 23.9 Å². The number of cyclic esters (lactones) is 1. The minimum Gasteiger partial charge on any atom is -0.462 e. The maximum Gasteiger partial charge on any atom is 0.339 e. The summed E-state index contributed by atoms with van der Waals surface area (Å²) in [5.74, 6) is -0.492. The molecule has 0 radical (unpaired) electrons. The molecule has 24 heavy (non-hydrogen) atoms. The Balaban J connectivity index is 1.87. The Kier molecular flexibility index (Phi) is 2.37. The Hall–Kier alpha value is -1.49. The molecule has 2 aliphatic heterocycles. The van der Waals surface area contributed by atoms with Crippen LogP contribution in [0.3, 0.4) is 0 Å². The van der Waals surface area contributed by atoms with E-state index in [1.54, 1.807) is 6.08 Å². The fourth-order valence-corrected chi connectivity index (χ4v) is 6.60. The predicted octanol–water partition coefficient (Wildman–Crippen LogP) is 1.84. The van der Waals surface area contributed by atoms with Crippen molar-refractivity contribution < 1.29 is 23.9 Å². The molecule has 4 aliphatic carbocycles. The number of rotatable bonds is 0. The van der Waals surface area contributed by atoms with Gasteiger partial charge in [0.2, 0.25) is 0 Å². The smallest absolute Gasteiger partial charge is 0.339 e. The molecule has 6 atom stereocenters. The molecule has 5 fully saturated rings. The summed E-state index contributed by atoms with van der Waals surface area (Å²) in [5, 5.41) is 0. The van der Waals surface area contributed by atoms with E-state index >= 15 is 0 Å². The van der Waals surface area contributed by atoms with E-state index in [4.69, 9.17) is 9.47 Å². The third kappa shape index (κ3) is 1.15. The molecular formula is C19H22O5. The minimum absolute atomic E-state index is 0.0338. The standard InChI is InChI=1S/C19H22O5/c1-10-11-4-7-18(13(10)21)17-9-23-15(22)19(18,8-11)24-14(17)16(2,3)6-5-12(17)20/h5-6,10-11,14H,4,7-9H2,1-3H3/t10?,11?,14-,17+,18?,19-/m1/s1. The first kappa shape index (κ1) is 14.8. The first-order valence-corrected chi connectivity index (χ1v) is 8.86. The molecule has 2 heterocycles. The molecule has 0 aromatic carbocycles. The first-order chi connectivity index (χ1) is 11.2. The Morgan fingerprint density at radius 1 is 1.21 bits per heavy atom.